The molecule has 2 heterocycles. The molecule has 0 saturated heterocycles. The van der Waals surface area contributed by atoms with Gasteiger partial charge in [-0.05, 0) is 30.3 Å². The number of hydrogen-bond donors (Lipinski definition) is 1. The van der Waals surface area contributed by atoms with Gasteiger partial charge in [0.15, 0.2) is 0 Å². The molecule has 0 radical (unpaired) electrons. The van der Waals surface area contributed by atoms with E-state index in [9.17, 15) is 9.59 Å². The van der Waals surface area contributed by atoms with Crippen molar-refractivity contribution in [3.63, 3.8) is 0 Å². The Bertz CT molecular complexity index is 852. The van der Waals surface area contributed by atoms with Crippen LogP contribution in [0.3, 0.4) is 0 Å². The molecule has 0 aliphatic heterocycles. The van der Waals surface area contributed by atoms with Crippen LogP contribution >= 0.6 is 0 Å². The molecule has 0 unspecified atom stereocenters. The van der Waals surface area contributed by atoms with Crippen molar-refractivity contribution in [2.75, 3.05) is 5.32 Å². The van der Waals surface area contributed by atoms with E-state index >= 15 is 0 Å². The second kappa shape index (κ2) is 5.60. The number of amides is 1. The number of benzene rings is 1. The quantitative estimate of drug-likeness (QED) is 0.764. The van der Waals surface area contributed by atoms with Gasteiger partial charge >= 0.3 is 0 Å². The average molecular weight is 296 g/mol. The lowest BCUT2D eigenvalue weighted by Gasteiger charge is -2.06. The SMILES string of the molecule is Cn1nc(C(=O)Nc2ccc(-n3nccn3)cc2)ccc1=O. The van der Waals surface area contributed by atoms with Crippen LogP contribution in [0.2, 0.25) is 0 Å². The number of nitrogens with zero attached hydrogens (tertiary/aromatic N) is 5. The molecule has 22 heavy (non-hydrogen) atoms. The Balaban J connectivity index is 1.76. The zero-order chi connectivity index (χ0) is 15.5. The number of aromatic nitrogens is 5. The molecule has 0 spiro atoms. The number of carbonyl (C=O) groups is 1. The number of anilines is 1. The third-order valence-corrected chi connectivity index (χ3v) is 2.97. The largest absolute Gasteiger partial charge is 0.321 e. The summed E-state index contributed by atoms with van der Waals surface area (Å²) in [7, 11) is 1.49. The fourth-order valence-electron chi connectivity index (χ4n) is 1.85. The highest BCUT2D eigenvalue weighted by Gasteiger charge is 2.09. The molecule has 8 nitrogen and oxygen atoms in total. The Morgan fingerprint density at radius 3 is 2.36 bits per heavy atom. The number of aryl methyl sites for hydroxylation is 1. The summed E-state index contributed by atoms with van der Waals surface area (Å²) in [5, 5.41) is 14.6. The third-order valence-electron chi connectivity index (χ3n) is 2.97. The van der Waals surface area contributed by atoms with Crippen LogP contribution in [-0.2, 0) is 7.05 Å². The van der Waals surface area contributed by atoms with Gasteiger partial charge in [-0.25, -0.2) is 4.68 Å². The first-order chi connectivity index (χ1) is 10.6. The fraction of sp³-hybridized carbons (Fsp3) is 0.0714. The van der Waals surface area contributed by atoms with E-state index in [1.807, 2.05) is 0 Å². The van der Waals surface area contributed by atoms with E-state index < -0.39 is 0 Å². The molecule has 0 aliphatic carbocycles. The molecule has 0 atom stereocenters. The van der Waals surface area contributed by atoms with Crippen LogP contribution in [0.15, 0.2) is 53.6 Å². The molecule has 1 N–H and O–H groups in total. The summed E-state index contributed by atoms with van der Waals surface area (Å²) in [5.74, 6) is -0.388. The van der Waals surface area contributed by atoms with Crippen molar-refractivity contribution >= 4 is 11.6 Å². The smallest absolute Gasteiger partial charge is 0.276 e. The maximum atomic E-state index is 12.1. The van der Waals surface area contributed by atoms with Crippen LogP contribution < -0.4 is 10.9 Å². The summed E-state index contributed by atoms with van der Waals surface area (Å²) in [6.45, 7) is 0. The summed E-state index contributed by atoms with van der Waals surface area (Å²) in [5.41, 5.74) is 1.28. The molecule has 3 rings (SSSR count). The molecule has 0 aliphatic rings. The summed E-state index contributed by atoms with van der Waals surface area (Å²) in [6.07, 6.45) is 3.17. The predicted octanol–water partition coefficient (Wildman–Crippen LogP) is 0.613. The molecular formula is C14H12N6O2. The van der Waals surface area contributed by atoms with Crippen LogP contribution in [0.25, 0.3) is 5.69 Å². The number of hydrogen-bond acceptors (Lipinski definition) is 5. The van der Waals surface area contributed by atoms with Gasteiger partial charge in [0, 0.05) is 18.8 Å². The number of carbonyl (C=O) groups excluding carboxylic acids is 1. The Morgan fingerprint density at radius 1 is 1.05 bits per heavy atom. The second-order valence-electron chi connectivity index (χ2n) is 4.50. The van der Waals surface area contributed by atoms with Gasteiger partial charge in [0.1, 0.15) is 5.69 Å². The van der Waals surface area contributed by atoms with Crippen molar-refractivity contribution in [2.45, 2.75) is 0 Å². The second-order valence-corrected chi connectivity index (χ2v) is 4.50. The minimum absolute atomic E-state index is 0.167. The Morgan fingerprint density at radius 2 is 1.73 bits per heavy atom. The van der Waals surface area contributed by atoms with Gasteiger partial charge in [-0.2, -0.15) is 20.1 Å². The highest BCUT2D eigenvalue weighted by atomic mass is 16.2. The lowest BCUT2D eigenvalue weighted by molar-refractivity contribution is 0.102. The van der Waals surface area contributed by atoms with E-state index in [0.29, 0.717) is 5.69 Å². The first-order valence-electron chi connectivity index (χ1n) is 6.46. The van der Waals surface area contributed by atoms with E-state index in [1.54, 1.807) is 36.7 Å². The van der Waals surface area contributed by atoms with Gasteiger partial charge in [-0.1, -0.05) is 0 Å². The first-order valence-corrected chi connectivity index (χ1v) is 6.46. The maximum Gasteiger partial charge on any atom is 0.276 e. The summed E-state index contributed by atoms with van der Waals surface area (Å²) < 4.78 is 1.11. The molecule has 1 aromatic carbocycles. The Labute approximate surface area is 125 Å². The lowest BCUT2D eigenvalue weighted by atomic mass is 10.2. The monoisotopic (exact) mass is 296 g/mol. The molecule has 110 valence electrons. The molecule has 8 heteroatoms. The summed E-state index contributed by atoms with van der Waals surface area (Å²) in [4.78, 5) is 24.8. The first kappa shape index (κ1) is 13.7. The van der Waals surface area contributed by atoms with Crippen LogP contribution in [0, 0.1) is 0 Å². The molecule has 1 amide bonds. The standard InChI is InChI=1S/C14H12N6O2/c1-19-13(21)7-6-12(18-19)14(22)17-10-2-4-11(5-3-10)20-15-8-9-16-20/h2-9H,1H3,(H,17,22). The van der Waals surface area contributed by atoms with Gasteiger partial charge in [0.25, 0.3) is 11.5 Å². The van der Waals surface area contributed by atoms with Crippen molar-refractivity contribution in [3.05, 3.63) is 64.8 Å². The maximum absolute atomic E-state index is 12.1. The summed E-state index contributed by atoms with van der Waals surface area (Å²) >= 11 is 0. The molecule has 3 aromatic rings. The molecular weight excluding hydrogens is 284 g/mol. The van der Waals surface area contributed by atoms with Crippen LogP contribution in [0.5, 0.6) is 0 Å². The van der Waals surface area contributed by atoms with Gasteiger partial charge in [0.2, 0.25) is 0 Å². The fourth-order valence-corrected chi connectivity index (χ4v) is 1.85. The van der Waals surface area contributed by atoms with Gasteiger partial charge < -0.3 is 5.32 Å². The van der Waals surface area contributed by atoms with Crippen LogP contribution in [0.4, 0.5) is 5.69 Å². The van der Waals surface area contributed by atoms with Gasteiger partial charge in [0.05, 0.1) is 18.1 Å². The van der Waals surface area contributed by atoms with Crippen molar-refractivity contribution in [3.8, 4) is 5.69 Å². The van der Waals surface area contributed by atoms with E-state index in [2.05, 4.69) is 20.6 Å². The van der Waals surface area contributed by atoms with Crippen LogP contribution in [0.1, 0.15) is 10.5 Å². The van der Waals surface area contributed by atoms with Crippen molar-refractivity contribution in [2.24, 2.45) is 7.05 Å². The molecule has 0 saturated carbocycles. The minimum atomic E-state index is -0.388. The average Bonchev–Trinajstić information content (AvgIpc) is 3.05. The normalized spacial score (nSPS) is 10.4. The number of rotatable bonds is 3. The third kappa shape index (κ3) is 2.75. The molecule has 0 bridgehead atoms. The predicted molar refractivity (Wildman–Crippen MR) is 78.8 cm³/mol. The highest BCUT2D eigenvalue weighted by molar-refractivity contribution is 6.02. The zero-order valence-corrected chi connectivity index (χ0v) is 11.7. The van der Waals surface area contributed by atoms with Crippen LogP contribution in [-0.4, -0.2) is 30.7 Å². The van der Waals surface area contributed by atoms with Gasteiger partial charge in [-0.15, -0.1) is 0 Å². The van der Waals surface area contributed by atoms with E-state index in [4.69, 9.17) is 0 Å². The topological polar surface area (TPSA) is 94.7 Å². The van der Waals surface area contributed by atoms with Crippen molar-refractivity contribution in [1.82, 2.24) is 24.8 Å². The Hall–Kier alpha value is -3.29. The van der Waals surface area contributed by atoms with Gasteiger partial charge in [-0.3, -0.25) is 9.59 Å². The Kier molecular flexibility index (Phi) is 3.48. The minimum Gasteiger partial charge on any atom is -0.321 e. The zero-order valence-electron chi connectivity index (χ0n) is 11.7. The molecule has 2 aromatic heterocycles. The van der Waals surface area contributed by atoms with Crippen molar-refractivity contribution in [1.29, 1.82) is 0 Å². The van der Waals surface area contributed by atoms with E-state index in [-0.39, 0.29) is 17.2 Å². The van der Waals surface area contributed by atoms with E-state index in [0.717, 1.165) is 10.4 Å². The highest BCUT2D eigenvalue weighted by Crippen LogP contribution is 2.12. The lowest BCUT2D eigenvalue weighted by Crippen LogP contribution is -2.23. The van der Waals surface area contributed by atoms with E-state index in [1.165, 1.54) is 24.0 Å². The number of nitrogens with one attached hydrogen (secondary N) is 1. The summed E-state index contributed by atoms with van der Waals surface area (Å²) in [6, 6.07) is 9.72. The molecule has 0 fully saturated rings. The van der Waals surface area contributed by atoms with Crippen molar-refractivity contribution < 1.29 is 4.79 Å².